The highest BCUT2D eigenvalue weighted by atomic mass is 32.2. The summed E-state index contributed by atoms with van der Waals surface area (Å²) in [6.45, 7) is 1.28. The summed E-state index contributed by atoms with van der Waals surface area (Å²) in [7, 11) is 1.66. The Hall–Kier alpha value is -1.96. The van der Waals surface area contributed by atoms with Gasteiger partial charge in [0.25, 0.3) is 0 Å². The zero-order chi connectivity index (χ0) is 17.5. The number of carbonyl (C=O) groups excluding carboxylic acids is 1. The Morgan fingerprint density at radius 3 is 2.92 bits per heavy atom. The number of hydrogen-bond donors (Lipinski definition) is 1. The summed E-state index contributed by atoms with van der Waals surface area (Å²) in [5.41, 5.74) is 1.16. The van der Waals surface area contributed by atoms with Gasteiger partial charge >= 0.3 is 0 Å². The van der Waals surface area contributed by atoms with E-state index in [9.17, 15) is 4.79 Å². The van der Waals surface area contributed by atoms with Gasteiger partial charge in [-0.15, -0.1) is 11.3 Å². The molecule has 0 saturated carbocycles. The minimum Gasteiger partial charge on any atom is -0.385 e. The first-order chi connectivity index (χ1) is 12.3. The number of carbonyl (C=O) groups is 1. The van der Waals surface area contributed by atoms with Crippen LogP contribution in [0.2, 0.25) is 0 Å². The van der Waals surface area contributed by atoms with Crippen LogP contribution in [0.15, 0.2) is 47.8 Å². The van der Waals surface area contributed by atoms with Crippen molar-refractivity contribution in [3.63, 3.8) is 0 Å². The molecule has 1 N–H and O–H groups in total. The molecule has 0 bridgehead atoms. The molecule has 0 unspecified atom stereocenters. The van der Waals surface area contributed by atoms with Crippen molar-refractivity contribution >= 4 is 39.2 Å². The number of hydrogen-bond acceptors (Lipinski definition) is 6. The van der Waals surface area contributed by atoms with E-state index in [1.165, 1.54) is 11.8 Å². The quantitative estimate of drug-likeness (QED) is 0.371. The highest BCUT2D eigenvalue weighted by Crippen LogP contribution is 2.35. The maximum absolute atomic E-state index is 11.9. The van der Waals surface area contributed by atoms with Gasteiger partial charge in [-0.25, -0.2) is 9.97 Å². The van der Waals surface area contributed by atoms with Crippen molar-refractivity contribution in [2.45, 2.75) is 11.4 Å². The summed E-state index contributed by atoms with van der Waals surface area (Å²) in [6, 6.07) is 12.3. The van der Waals surface area contributed by atoms with E-state index in [0.717, 1.165) is 32.1 Å². The second kappa shape index (κ2) is 8.94. The molecule has 0 spiro atoms. The molecule has 1 aromatic carbocycles. The molecule has 2 heterocycles. The van der Waals surface area contributed by atoms with Crippen LogP contribution < -0.4 is 5.32 Å². The molecule has 0 aliphatic rings. The SMILES string of the molecule is COCCCNC(=O)CSc1ncnc2sc(-c3ccccc3)cc12. The Morgan fingerprint density at radius 2 is 2.12 bits per heavy atom. The summed E-state index contributed by atoms with van der Waals surface area (Å²) in [5.74, 6) is 0.349. The first kappa shape index (κ1) is 17.8. The van der Waals surface area contributed by atoms with Crippen molar-refractivity contribution in [3.8, 4) is 10.4 Å². The van der Waals surface area contributed by atoms with Gasteiger partial charge < -0.3 is 10.1 Å². The van der Waals surface area contributed by atoms with Crippen molar-refractivity contribution in [1.82, 2.24) is 15.3 Å². The number of benzene rings is 1. The number of ether oxygens (including phenoxy) is 1. The van der Waals surface area contributed by atoms with E-state index in [2.05, 4.69) is 33.5 Å². The summed E-state index contributed by atoms with van der Waals surface area (Å²) in [6.07, 6.45) is 2.38. The smallest absolute Gasteiger partial charge is 0.230 e. The van der Waals surface area contributed by atoms with Crippen LogP contribution in [-0.4, -0.2) is 41.9 Å². The highest BCUT2D eigenvalue weighted by Gasteiger charge is 2.12. The van der Waals surface area contributed by atoms with Crippen LogP contribution >= 0.6 is 23.1 Å². The maximum atomic E-state index is 11.9. The third-order valence-electron chi connectivity index (χ3n) is 3.54. The number of nitrogens with zero attached hydrogens (tertiary/aromatic N) is 2. The fourth-order valence-electron chi connectivity index (χ4n) is 2.32. The van der Waals surface area contributed by atoms with Crippen LogP contribution in [0.5, 0.6) is 0 Å². The van der Waals surface area contributed by atoms with E-state index in [1.54, 1.807) is 24.8 Å². The van der Waals surface area contributed by atoms with Crippen molar-refractivity contribution in [2.75, 3.05) is 26.0 Å². The van der Waals surface area contributed by atoms with Crippen LogP contribution in [0, 0.1) is 0 Å². The van der Waals surface area contributed by atoms with Crippen molar-refractivity contribution in [3.05, 3.63) is 42.7 Å². The Bertz CT molecular complexity index is 837. The van der Waals surface area contributed by atoms with Gasteiger partial charge in [0.2, 0.25) is 5.91 Å². The molecule has 0 radical (unpaired) electrons. The largest absolute Gasteiger partial charge is 0.385 e. The molecule has 0 saturated heterocycles. The van der Waals surface area contributed by atoms with Gasteiger partial charge in [-0.3, -0.25) is 4.79 Å². The first-order valence-electron chi connectivity index (χ1n) is 7.96. The number of amides is 1. The number of fused-ring (bicyclic) bond motifs is 1. The summed E-state index contributed by atoms with van der Waals surface area (Å²) in [5, 5.41) is 4.73. The Morgan fingerprint density at radius 1 is 1.28 bits per heavy atom. The predicted octanol–water partition coefficient (Wildman–Crippen LogP) is 3.60. The van der Waals surface area contributed by atoms with Crippen molar-refractivity contribution < 1.29 is 9.53 Å². The molecule has 25 heavy (non-hydrogen) atoms. The van der Waals surface area contributed by atoms with E-state index >= 15 is 0 Å². The normalized spacial score (nSPS) is 10.9. The topological polar surface area (TPSA) is 64.1 Å². The average molecular weight is 374 g/mol. The lowest BCUT2D eigenvalue weighted by molar-refractivity contribution is -0.118. The average Bonchev–Trinajstić information content (AvgIpc) is 3.09. The lowest BCUT2D eigenvalue weighted by Gasteiger charge is -2.04. The van der Waals surface area contributed by atoms with Crippen LogP contribution in [0.4, 0.5) is 0 Å². The fraction of sp³-hybridized carbons (Fsp3) is 0.278. The van der Waals surface area contributed by atoms with Crippen molar-refractivity contribution in [1.29, 1.82) is 0 Å². The summed E-state index contributed by atoms with van der Waals surface area (Å²) < 4.78 is 4.97. The Labute approximate surface area is 154 Å². The lowest BCUT2D eigenvalue weighted by Crippen LogP contribution is -2.26. The zero-order valence-corrected chi connectivity index (χ0v) is 15.5. The number of rotatable bonds is 8. The van der Waals surface area contributed by atoms with Crippen LogP contribution in [0.1, 0.15) is 6.42 Å². The molecule has 0 aliphatic heterocycles. The van der Waals surface area contributed by atoms with Gasteiger partial charge in [0.1, 0.15) is 16.2 Å². The summed E-state index contributed by atoms with van der Waals surface area (Å²) >= 11 is 3.08. The second-order valence-corrected chi connectivity index (χ2v) is 7.35. The molecule has 0 aliphatic carbocycles. The van der Waals surface area contributed by atoms with Gasteiger partial charge in [-0.05, 0) is 18.1 Å². The molecule has 5 nitrogen and oxygen atoms in total. The minimum atomic E-state index is 0.00591. The zero-order valence-electron chi connectivity index (χ0n) is 13.9. The molecule has 0 fully saturated rings. The lowest BCUT2D eigenvalue weighted by atomic mass is 10.2. The molecular formula is C18H19N3O2S2. The second-order valence-electron chi connectivity index (χ2n) is 5.36. The summed E-state index contributed by atoms with van der Waals surface area (Å²) in [4.78, 5) is 22.7. The van der Waals surface area contributed by atoms with Gasteiger partial charge in [0.15, 0.2) is 0 Å². The molecule has 2 aromatic heterocycles. The Balaban J connectivity index is 1.68. The van der Waals surface area contributed by atoms with Gasteiger partial charge in [0, 0.05) is 30.5 Å². The monoisotopic (exact) mass is 373 g/mol. The third-order valence-corrected chi connectivity index (χ3v) is 5.64. The van der Waals surface area contributed by atoms with E-state index < -0.39 is 0 Å². The highest BCUT2D eigenvalue weighted by molar-refractivity contribution is 8.00. The van der Waals surface area contributed by atoms with Gasteiger partial charge in [-0.1, -0.05) is 42.1 Å². The van der Waals surface area contributed by atoms with Crippen molar-refractivity contribution in [2.24, 2.45) is 0 Å². The number of thiophene rings is 1. The molecule has 3 aromatic rings. The number of methoxy groups -OCH3 is 1. The molecular weight excluding hydrogens is 354 g/mol. The molecule has 7 heteroatoms. The minimum absolute atomic E-state index is 0.00591. The predicted molar refractivity (Wildman–Crippen MR) is 103 cm³/mol. The molecule has 1 amide bonds. The third kappa shape index (κ3) is 4.78. The number of nitrogens with one attached hydrogen (secondary N) is 1. The fourth-order valence-corrected chi connectivity index (χ4v) is 4.19. The number of thioether (sulfide) groups is 1. The van der Waals surface area contributed by atoms with E-state index in [4.69, 9.17) is 4.74 Å². The molecule has 0 atom stereocenters. The molecule has 130 valence electrons. The first-order valence-corrected chi connectivity index (χ1v) is 9.76. The standard InChI is InChI=1S/C18H19N3O2S2/c1-23-9-5-8-19-16(22)11-24-17-14-10-15(13-6-3-2-4-7-13)25-18(14)21-12-20-17/h2-4,6-7,10,12H,5,8-9,11H2,1H3,(H,19,22). The van der Waals surface area contributed by atoms with E-state index in [-0.39, 0.29) is 5.91 Å². The molecule has 3 rings (SSSR count). The van der Waals surface area contributed by atoms with E-state index in [0.29, 0.717) is 18.9 Å². The maximum Gasteiger partial charge on any atom is 0.230 e. The van der Waals surface area contributed by atoms with Gasteiger partial charge in [-0.2, -0.15) is 0 Å². The van der Waals surface area contributed by atoms with E-state index in [1.807, 2.05) is 18.2 Å². The number of aromatic nitrogens is 2. The van der Waals surface area contributed by atoms with Gasteiger partial charge in [0.05, 0.1) is 5.75 Å². The van der Waals surface area contributed by atoms with Crippen LogP contribution in [0.25, 0.3) is 20.7 Å². The van der Waals surface area contributed by atoms with Crippen LogP contribution in [-0.2, 0) is 9.53 Å². The Kier molecular flexibility index (Phi) is 6.38. The van der Waals surface area contributed by atoms with Crippen LogP contribution in [0.3, 0.4) is 0 Å².